The Morgan fingerprint density at radius 3 is 2.93 bits per heavy atom. The van der Waals surface area contributed by atoms with Crippen LogP contribution < -0.4 is 5.73 Å². The van der Waals surface area contributed by atoms with Crippen molar-refractivity contribution in [3.63, 3.8) is 0 Å². The fourth-order valence-electron chi connectivity index (χ4n) is 2.43. The second-order valence-electron chi connectivity index (χ2n) is 4.89. The van der Waals surface area contributed by atoms with Crippen molar-refractivity contribution in [2.45, 2.75) is 51.6 Å². The molecule has 15 heavy (non-hydrogen) atoms. The number of nitrogens with two attached hydrogens (primary N) is 1. The molecule has 1 heterocycles. The number of aromatic nitrogens is 2. The Morgan fingerprint density at radius 1 is 1.53 bits per heavy atom. The first-order chi connectivity index (χ1) is 7.24. The van der Waals surface area contributed by atoms with Crippen LogP contribution in [0, 0.1) is 5.92 Å². The molecule has 2 rings (SSSR count). The molecular weight excluding hydrogens is 186 g/mol. The van der Waals surface area contributed by atoms with Crippen molar-refractivity contribution in [3.8, 4) is 0 Å². The average molecular weight is 207 g/mol. The quantitative estimate of drug-likeness (QED) is 0.820. The standard InChI is InChI=1S/C12H21N3/c1-10(13)6-12-8-15(9-14-12)7-11-4-2-3-5-11/h8-11H,2-7,13H2,1H3. The predicted octanol–water partition coefficient (Wildman–Crippen LogP) is 1.96. The molecule has 0 saturated heterocycles. The van der Waals surface area contributed by atoms with Gasteiger partial charge < -0.3 is 10.3 Å². The van der Waals surface area contributed by atoms with E-state index in [0.29, 0.717) is 0 Å². The van der Waals surface area contributed by atoms with Crippen molar-refractivity contribution in [1.29, 1.82) is 0 Å². The summed E-state index contributed by atoms with van der Waals surface area (Å²) in [6.07, 6.45) is 10.6. The van der Waals surface area contributed by atoms with E-state index in [9.17, 15) is 0 Å². The zero-order valence-corrected chi connectivity index (χ0v) is 9.52. The minimum absolute atomic E-state index is 0.208. The third kappa shape index (κ3) is 3.06. The molecule has 3 heteroatoms. The molecule has 1 aromatic rings. The molecule has 1 aromatic heterocycles. The van der Waals surface area contributed by atoms with Gasteiger partial charge in [-0.2, -0.15) is 0 Å². The summed E-state index contributed by atoms with van der Waals surface area (Å²) in [5.41, 5.74) is 6.88. The lowest BCUT2D eigenvalue weighted by Crippen LogP contribution is -2.17. The number of imidazole rings is 1. The molecule has 84 valence electrons. The van der Waals surface area contributed by atoms with Crippen molar-refractivity contribution in [2.24, 2.45) is 11.7 Å². The smallest absolute Gasteiger partial charge is 0.0949 e. The van der Waals surface area contributed by atoms with E-state index in [4.69, 9.17) is 5.73 Å². The molecule has 2 N–H and O–H groups in total. The Bertz CT molecular complexity index is 298. The highest BCUT2D eigenvalue weighted by Gasteiger charge is 2.15. The minimum atomic E-state index is 0.208. The van der Waals surface area contributed by atoms with Crippen LogP contribution in [0.25, 0.3) is 0 Å². The summed E-state index contributed by atoms with van der Waals surface area (Å²) in [6, 6.07) is 0.208. The van der Waals surface area contributed by atoms with Gasteiger partial charge in [0.05, 0.1) is 12.0 Å². The van der Waals surface area contributed by atoms with E-state index in [0.717, 1.165) is 24.6 Å². The Hall–Kier alpha value is -0.830. The lowest BCUT2D eigenvalue weighted by Gasteiger charge is -2.08. The van der Waals surface area contributed by atoms with Crippen LogP contribution in [0.3, 0.4) is 0 Å². The summed E-state index contributed by atoms with van der Waals surface area (Å²) in [6.45, 7) is 3.17. The van der Waals surface area contributed by atoms with Crippen LogP contribution in [-0.4, -0.2) is 15.6 Å². The third-order valence-corrected chi connectivity index (χ3v) is 3.16. The highest BCUT2D eigenvalue weighted by molar-refractivity contribution is 4.98. The van der Waals surface area contributed by atoms with E-state index in [-0.39, 0.29) is 6.04 Å². The third-order valence-electron chi connectivity index (χ3n) is 3.16. The van der Waals surface area contributed by atoms with Crippen molar-refractivity contribution in [1.82, 2.24) is 9.55 Å². The van der Waals surface area contributed by atoms with Gasteiger partial charge in [0.2, 0.25) is 0 Å². The summed E-state index contributed by atoms with van der Waals surface area (Å²) in [7, 11) is 0. The maximum absolute atomic E-state index is 5.75. The van der Waals surface area contributed by atoms with Gasteiger partial charge in [0.1, 0.15) is 0 Å². The second-order valence-corrected chi connectivity index (χ2v) is 4.89. The van der Waals surface area contributed by atoms with Gasteiger partial charge in [0.15, 0.2) is 0 Å². The van der Waals surface area contributed by atoms with Gasteiger partial charge >= 0.3 is 0 Å². The molecular formula is C12H21N3. The summed E-state index contributed by atoms with van der Waals surface area (Å²) >= 11 is 0. The van der Waals surface area contributed by atoms with Crippen molar-refractivity contribution in [2.75, 3.05) is 0 Å². The van der Waals surface area contributed by atoms with E-state index in [1.165, 1.54) is 25.7 Å². The number of rotatable bonds is 4. The molecule has 1 unspecified atom stereocenters. The van der Waals surface area contributed by atoms with Gasteiger partial charge in [0.25, 0.3) is 0 Å². The van der Waals surface area contributed by atoms with E-state index < -0.39 is 0 Å². The second kappa shape index (κ2) is 4.79. The molecule has 1 fully saturated rings. The molecule has 3 nitrogen and oxygen atoms in total. The van der Waals surface area contributed by atoms with Gasteiger partial charge in [0, 0.05) is 25.2 Å². The fraction of sp³-hybridized carbons (Fsp3) is 0.750. The Kier molecular flexibility index (Phi) is 3.41. The monoisotopic (exact) mass is 207 g/mol. The first kappa shape index (κ1) is 10.7. The summed E-state index contributed by atoms with van der Waals surface area (Å²) in [5.74, 6) is 0.877. The first-order valence-corrected chi connectivity index (χ1v) is 6.00. The summed E-state index contributed by atoms with van der Waals surface area (Å²) in [5, 5.41) is 0. The van der Waals surface area contributed by atoms with Crippen LogP contribution in [0.15, 0.2) is 12.5 Å². The molecule has 0 aliphatic heterocycles. The average Bonchev–Trinajstić information content (AvgIpc) is 2.77. The summed E-state index contributed by atoms with van der Waals surface area (Å²) in [4.78, 5) is 4.38. The molecule has 1 aliphatic rings. The molecule has 0 radical (unpaired) electrons. The fourth-order valence-corrected chi connectivity index (χ4v) is 2.43. The molecule has 0 aromatic carbocycles. The highest BCUT2D eigenvalue weighted by Crippen LogP contribution is 2.26. The number of hydrogen-bond donors (Lipinski definition) is 1. The van der Waals surface area contributed by atoms with E-state index in [1.807, 2.05) is 13.3 Å². The van der Waals surface area contributed by atoms with Gasteiger partial charge in [-0.15, -0.1) is 0 Å². The predicted molar refractivity (Wildman–Crippen MR) is 61.5 cm³/mol. The van der Waals surface area contributed by atoms with E-state index in [2.05, 4.69) is 15.7 Å². The lowest BCUT2D eigenvalue weighted by molar-refractivity contribution is 0.457. The Labute approximate surface area is 91.7 Å². The number of nitrogens with zero attached hydrogens (tertiary/aromatic N) is 2. The maximum Gasteiger partial charge on any atom is 0.0949 e. The molecule has 0 amide bonds. The SMILES string of the molecule is CC(N)Cc1cn(CC2CCCC2)cn1. The maximum atomic E-state index is 5.75. The summed E-state index contributed by atoms with van der Waals surface area (Å²) < 4.78 is 2.23. The highest BCUT2D eigenvalue weighted by atomic mass is 15.0. The number of hydrogen-bond acceptors (Lipinski definition) is 2. The van der Waals surface area contributed by atoms with Gasteiger partial charge in [-0.25, -0.2) is 4.98 Å². The van der Waals surface area contributed by atoms with E-state index in [1.54, 1.807) is 0 Å². The normalized spacial score (nSPS) is 19.6. The van der Waals surface area contributed by atoms with Crippen LogP contribution in [0.2, 0.25) is 0 Å². The van der Waals surface area contributed by atoms with Crippen LogP contribution in [0.1, 0.15) is 38.3 Å². The molecule has 0 bridgehead atoms. The van der Waals surface area contributed by atoms with Gasteiger partial charge in [-0.1, -0.05) is 12.8 Å². The molecule has 1 atom stereocenters. The zero-order valence-electron chi connectivity index (χ0n) is 9.52. The molecule has 1 saturated carbocycles. The van der Waals surface area contributed by atoms with Crippen molar-refractivity contribution in [3.05, 3.63) is 18.2 Å². The Balaban J connectivity index is 1.88. The van der Waals surface area contributed by atoms with Crippen molar-refractivity contribution < 1.29 is 0 Å². The minimum Gasteiger partial charge on any atom is -0.337 e. The molecule has 1 aliphatic carbocycles. The zero-order chi connectivity index (χ0) is 10.7. The van der Waals surface area contributed by atoms with Crippen LogP contribution in [-0.2, 0) is 13.0 Å². The Morgan fingerprint density at radius 2 is 2.27 bits per heavy atom. The van der Waals surface area contributed by atoms with E-state index >= 15 is 0 Å². The molecule has 0 spiro atoms. The topological polar surface area (TPSA) is 43.8 Å². The van der Waals surface area contributed by atoms with Gasteiger partial charge in [-0.3, -0.25) is 0 Å². The van der Waals surface area contributed by atoms with Gasteiger partial charge in [-0.05, 0) is 25.7 Å². The largest absolute Gasteiger partial charge is 0.337 e. The van der Waals surface area contributed by atoms with Crippen LogP contribution in [0.5, 0.6) is 0 Å². The first-order valence-electron chi connectivity index (χ1n) is 6.00. The lowest BCUT2D eigenvalue weighted by atomic mass is 10.1. The van der Waals surface area contributed by atoms with Crippen molar-refractivity contribution >= 4 is 0 Å². The van der Waals surface area contributed by atoms with Crippen LogP contribution in [0.4, 0.5) is 0 Å². The van der Waals surface area contributed by atoms with Crippen LogP contribution >= 0.6 is 0 Å².